The monoisotopic (exact) mass is 237 g/mol. The molecule has 0 aliphatic rings. The van der Waals surface area contributed by atoms with E-state index in [0.29, 0.717) is 12.4 Å². The molecule has 0 saturated carbocycles. The van der Waals surface area contributed by atoms with Crippen LogP contribution in [0.3, 0.4) is 0 Å². The second kappa shape index (κ2) is 5.68. The number of hydrogen-bond donors (Lipinski definition) is 1. The number of likely N-dealkylation sites (N-methyl/N-ethyl adjacent to an activating group) is 1. The molecule has 0 aliphatic carbocycles. The van der Waals surface area contributed by atoms with Crippen molar-refractivity contribution in [1.29, 1.82) is 0 Å². The summed E-state index contributed by atoms with van der Waals surface area (Å²) in [6.07, 6.45) is 0. The fourth-order valence-electron chi connectivity index (χ4n) is 1.71. The Hall–Kier alpha value is -1.55. The molecule has 17 heavy (non-hydrogen) atoms. The SMILES string of the molecule is CCOc1ccccc1C(C)(NC)C(=O)OC. The van der Waals surface area contributed by atoms with Crippen LogP contribution in [0.25, 0.3) is 0 Å². The fraction of sp³-hybridized carbons (Fsp3) is 0.462. The van der Waals surface area contributed by atoms with E-state index in [1.54, 1.807) is 14.0 Å². The normalized spacial score (nSPS) is 13.9. The Labute approximate surface area is 102 Å². The molecule has 0 fully saturated rings. The van der Waals surface area contributed by atoms with Gasteiger partial charge < -0.3 is 14.8 Å². The molecule has 1 N–H and O–H groups in total. The Morgan fingerprint density at radius 3 is 2.59 bits per heavy atom. The summed E-state index contributed by atoms with van der Waals surface area (Å²) in [5.74, 6) is 0.351. The van der Waals surface area contributed by atoms with Gasteiger partial charge in [0.2, 0.25) is 0 Å². The lowest BCUT2D eigenvalue weighted by Gasteiger charge is -2.28. The number of carbonyl (C=O) groups is 1. The van der Waals surface area contributed by atoms with Gasteiger partial charge in [-0.05, 0) is 27.0 Å². The van der Waals surface area contributed by atoms with Gasteiger partial charge in [0.25, 0.3) is 0 Å². The number of hydrogen-bond acceptors (Lipinski definition) is 4. The first-order chi connectivity index (χ1) is 8.10. The summed E-state index contributed by atoms with van der Waals surface area (Å²) >= 11 is 0. The van der Waals surface area contributed by atoms with Crippen LogP contribution in [0.5, 0.6) is 5.75 Å². The van der Waals surface area contributed by atoms with Gasteiger partial charge in [0.15, 0.2) is 0 Å². The Morgan fingerprint density at radius 2 is 2.06 bits per heavy atom. The molecule has 0 amide bonds. The molecule has 0 aliphatic heterocycles. The van der Waals surface area contributed by atoms with Crippen molar-refractivity contribution in [2.45, 2.75) is 19.4 Å². The van der Waals surface area contributed by atoms with E-state index in [-0.39, 0.29) is 5.97 Å². The molecule has 0 bridgehead atoms. The minimum absolute atomic E-state index is 0.341. The van der Waals surface area contributed by atoms with Gasteiger partial charge in [-0.3, -0.25) is 0 Å². The van der Waals surface area contributed by atoms with Crippen molar-refractivity contribution in [3.05, 3.63) is 29.8 Å². The van der Waals surface area contributed by atoms with Crippen molar-refractivity contribution in [3.8, 4) is 5.75 Å². The highest BCUT2D eigenvalue weighted by molar-refractivity contribution is 5.83. The van der Waals surface area contributed by atoms with Gasteiger partial charge in [0.05, 0.1) is 13.7 Å². The Morgan fingerprint density at radius 1 is 1.41 bits per heavy atom. The predicted molar refractivity (Wildman–Crippen MR) is 66.0 cm³/mol. The summed E-state index contributed by atoms with van der Waals surface area (Å²) in [5.41, 5.74) is -0.128. The average Bonchev–Trinajstić information content (AvgIpc) is 2.38. The lowest BCUT2D eigenvalue weighted by molar-refractivity contribution is -0.148. The van der Waals surface area contributed by atoms with E-state index >= 15 is 0 Å². The number of carbonyl (C=O) groups excluding carboxylic acids is 1. The third kappa shape index (κ3) is 2.58. The van der Waals surface area contributed by atoms with Crippen LogP contribution in [0.4, 0.5) is 0 Å². The maximum absolute atomic E-state index is 11.9. The molecule has 1 aromatic rings. The molecule has 0 radical (unpaired) electrons. The fourth-order valence-corrected chi connectivity index (χ4v) is 1.71. The van der Waals surface area contributed by atoms with E-state index in [0.717, 1.165) is 5.56 Å². The van der Waals surface area contributed by atoms with Crippen LogP contribution in [0.1, 0.15) is 19.4 Å². The molecule has 1 rings (SSSR count). The van der Waals surface area contributed by atoms with Gasteiger partial charge in [0.1, 0.15) is 11.3 Å². The van der Waals surface area contributed by atoms with E-state index in [1.807, 2.05) is 31.2 Å². The smallest absolute Gasteiger partial charge is 0.330 e. The third-order valence-electron chi connectivity index (χ3n) is 2.82. The molecule has 1 aromatic carbocycles. The molecule has 1 atom stereocenters. The first-order valence-electron chi connectivity index (χ1n) is 5.59. The van der Waals surface area contributed by atoms with Crippen LogP contribution in [0, 0.1) is 0 Å². The first kappa shape index (κ1) is 13.5. The number of esters is 1. The van der Waals surface area contributed by atoms with Crippen LogP contribution >= 0.6 is 0 Å². The van der Waals surface area contributed by atoms with Crippen LogP contribution in [-0.4, -0.2) is 26.7 Å². The van der Waals surface area contributed by atoms with Crippen LogP contribution < -0.4 is 10.1 Å². The summed E-state index contributed by atoms with van der Waals surface area (Å²) < 4.78 is 10.4. The first-order valence-corrected chi connectivity index (χ1v) is 5.59. The highest BCUT2D eigenvalue weighted by atomic mass is 16.5. The van der Waals surface area contributed by atoms with Crippen LogP contribution in [0.15, 0.2) is 24.3 Å². The maximum atomic E-state index is 11.9. The van der Waals surface area contributed by atoms with Gasteiger partial charge >= 0.3 is 5.97 Å². The maximum Gasteiger partial charge on any atom is 0.330 e. The molecule has 0 saturated heterocycles. The van der Waals surface area contributed by atoms with Crippen molar-refractivity contribution in [2.24, 2.45) is 0 Å². The minimum atomic E-state index is -0.902. The number of methoxy groups -OCH3 is 1. The third-order valence-corrected chi connectivity index (χ3v) is 2.82. The second-order valence-corrected chi connectivity index (χ2v) is 3.80. The van der Waals surface area contributed by atoms with Crippen molar-refractivity contribution in [1.82, 2.24) is 5.32 Å². The number of ether oxygens (including phenoxy) is 2. The minimum Gasteiger partial charge on any atom is -0.494 e. The lowest BCUT2D eigenvalue weighted by atomic mass is 9.91. The molecule has 0 heterocycles. The molecular weight excluding hydrogens is 218 g/mol. The van der Waals surface area contributed by atoms with Crippen molar-refractivity contribution < 1.29 is 14.3 Å². The van der Waals surface area contributed by atoms with Crippen LogP contribution in [-0.2, 0) is 15.1 Å². The molecule has 4 heteroatoms. The molecule has 0 spiro atoms. The zero-order valence-corrected chi connectivity index (χ0v) is 10.7. The van der Waals surface area contributed by atoms with Crippen molar-refractivity contribution >= 4 is 5.97 Å². The van der Waals surface area contributed by atoms with Gasteiger partial charge in [-0.1, -0.05) is 18.2 Å². The number of nitrogens with one attached hydrogen (secondary N) is 1. The molecule has 4 nitrogen and oxygen atoms in total. The molecule has 1 unspecified atom stereocenters. The van der Waals surface area contributed by atoms with E-state index in [1.165, 1.54) is 7.11 Å². The van der Waals surface area contributed by atoms with E-state index in [2.05, 4.69) is 5.32 Å². The highest BCUT2D eigenvalue weighted by Gasteiger charge is 2.37. The van der Waals surface area contributed by atoms with E-state index in [9.17, 15) is 4.79 Å². The molecule has 0 aromatic heterocycles. The Balaban J connectivity index is 3.24. The summed E-state index contributed by atoms with van der Waals surface area (Å²) in [6, 6.07) is 7.45. The van der Waals surface area contributed by atoms with Gasteiger partial charge in [-0.2, -0.15) is 0 Å². The van der Waals surface area contributed by atoms with E-state index in [4.69, 9.17) is 9.47 Å². The number of rotatable bonds is 5. The molecular formula is C13H19NO3. The summed E-state index contributed by atoms with van der Waals surface area (Å²) in [5, 5.41) is 2.99. The van der Waals surface area contributed by atoms with Gasteiger partial charge in [0, 0.05) is 5.56 Å². The second-order valence-electron chi connectivity index (χ2n) is 3.80. The predicted octanol–water partition coefficient (Wildman–Crippen LogP) is 1.69. The van der Waals surface area contributed by atoms with Crippen molar-refractivity contribution in [3.63, 3.8) is 0 Å². The quantitative estimate of drug-likeness (QED) is 0.792. The number of benzene rings is 1. The van der Waals surface area contributed by atoms with Gasteiger partial charge in [-0.25, -0.2) is 4.79 Å². The Bertz CT molecular complexity index is 392. The summed E-state index contributed by atoms with van der Waals surface area (Å²) in [4.78, 5) is 11.9. The van der Waals surface area contributed by atoms with Gasteiger partial charge in [-0.15, -0.1) is 0 Å². The largest absolute Gasteiger partial charge is 0.494 e. The topological polar surface area (TPSA) is 47.6 Å². The van der Waals surface area contributed by atoms with Crippen molar-refractivity contribution in [2.75, 3.05) is 20.8 Å². The Kier molecular flexibility index (Phi) is 4.52. The number of para-hydroxylation sites is 1. The summed E-state index contributed by atoms with van der Waals surface area (Å²) in [7, 11) is 3.10. The van der Waals surface area contributed by atoms with E-state index < -0.39 is 5.54 Å². The van der Waals surface area contributed by atoms with Crippen LogP contribution in [0.2, 0.25) is 0 Å². The standard InChI is InChI=1S/C13H19NO3/c1-5-17-11-9-7-6-8-10(11)13(2,14-3)12(15)16-4/h6-9,14H,5H2,1-4H3. The lowest BCUT2D eigenvalue weighted by Crippen LogP contribution is -2.45. The zero-order chi connectivity index (χ0) is 12.9. The molecule has 94 valence electrons. The highest BCUT2D eigenvalue weighted by Crippen LogP contribution is 2.30. The zero-order valence-electron chi connectivity index (χ0n) is 10.7. The average molecular weight is 237 g/mol. The summed E-state index contributed by atoms with van der Waals surface area (Å²) in [6.45, 7) is 4.24.